The number of ketones is 1. The summed E-state index contributed by atoms with van der Waals surface area (Å²) in [6.45, 7) is 6.18. The van der Waals surface area contributed by atoms with E-state index in [2.05, 4.69) is 34.1 Å². The van der Waals surface area contributed by atoms with E-state index in [1.165, 1.54) is 12.6 Å². The Morgan fingerprint density at radius 3 is 2.18 bits per heavy atom. The standard InChI is InChI=1S/C21H26N2O3.2ClH/c1-17(24)18-7-9-21(10-8-18)26-16-20(25)15-22-11-13-23(14-12-22)19-5-3-2-4-6-19;;/h2-10,20,25H,11-16H2,1H3;2*1H. The number of Topliss-reactive ketones (excluding diaryl/α,β-unsaturated/α-hetero) is 1. The van der Waals surface area contributed by atoms with Crippen LogP contribution in [-0.2, 0) is 0 Å². The Morgan fingerprint density at radius 2 is 1.61 bits per heavy atom. The molecule has 154 valence electrons. The zero-order chi connectivity index (χ0) is 18.4. The Labute approximate surface area is 179 Å². The molecule has 3 rings (SSSR count). The van der Waals surface area contributed by atoms with Crippen LogP contribution in [0.3, 0.4) is 0 Å². The third kappa shape index (κ3) is 6.99. The summed E-state index contributed by atoms with van der Waals surface area (Å²) in [6.07, 6.45) is -0.536. The van der Waals surface area contributed by atoms with E-state index in [0.717, 1.165) is 26.2 Å². The Kier molecular flexibility index (Phi) is 10.3. The van der Waals surface area contributed by atoms with E-state index in [4.69, 9.17) is 4.74 Å². The van der Waals surface area contributed by atoms with E-state index >= 15 is 0 Å². The molecule has 0 aliphatic carbocycles. The van der Waals surface area contributed by atoms with Crippen molar-refractivity contribution in [3.63, 3.8) is 0 Å². The first kappa shape index (κ1) is 24.2. The fourth-order valence-electron chi connectivity index (χ4n) is 3.16. The van der Waals surface area contributed by atoms with Gasteiger partial charge in [0.15, 0.2) is 5.78 Å². The van der Waals surface area contributed by atoms with Gasteiger partial charge in [-0.15, -0.1) is 24.8 Å². The van der Waals surface area contributed by atoms with Crippen LogP contribution in [0.2, 0.25) is 0 Å². The molecule has 7 heteroatoms. The third-order valence-corrected chi connectivity index (χ3v) is 4.67. The molecule has 1 atom stereocenters. The molecule has 1 aliphatic rings. The lowest BCUT2D eigenvalue weighted by molar-refractivity contribution is 0.0663. The summed E-state index contributed by atoms with van der Waals surface area (Å²) in [6, 6.07) is 17.4. The number of hydrogen-bond donors (Lipinski definition) is 1. The number of ether oxygens (including phenoxy) is 1. The molecule has 0 bridgehead atoms. The number of carbonyl (C=O) groups is 1. The van der Waals surface area contributed by atoms with Crippen LogP contribution in [0, 0.1) is 0 Å². The first-order valence-electron chi connectivity index (χ1n) is 9.06. The molecule has 1 heterocycles. The van der Waals surface area contributed by atoms with Crippen molar-refractivity contribution in [2.24, 2.45) is 0 Å². The van der Waals surface area contributed by atoms with Crippen molar-refractivity contribution in [3.05, 3.63) is 60.2 Å². The normalized spacial score (nSPS) is 15.1. The van der Waals surface area contributed by atoms with E-state index < -0.39 is 6.10 Å². The maximum atomic E-state index is 11.3. The van der Waals surface area contributed by atoms with Gasteiger partial charge in [0.1, 0.15) is 18.5 Å². The van der Waals surface area contributed by atoms with Crippen LogP contribution in [0.5, 0.6) is 5.75 Å². The average molecular weight is 427 g/mol. The first-order valence-corrected chi connectivity index (χ1v) is 9.06. The summed E-state index contributed by atoms with van der Waals surface area (Å²) in [5.74, 6) is 0.703. The number of benzene rings is 2. The molecule has 1 fully saturated rings. The van der Waals surface area contributed by atoms with Crippen LogP contribution in [-0.4, -0.2) is 61.2 Å². The number of halogens is 2. The zero-order valence-electron chi connectivity index (χ0n) is 16.0. The molecule has 1 saturated heterocycles. The Hall–Kier alpha value is -1.79. The number of nitrogens with zero attached hydrogens (tertiary/aromatic N) is 2. The van der Waals surface area contributed by atoms with Crippen LogP contribution in [0.25, 0.3) is 0 Å². The molecule has 0 saturated carbocycles. The maximum Gasteiger partial charge on any atom is 0.159 e. The Morgan fingerprint density at radius 1 is 1.00 bits per heavy atom. The van der Waals surface area contributed by atoms with Crippen LogP contribution < -0.4 is 9.64 Å². The molecule has 2 aromatic rings. The van der Waals surface area contributed by atoms with Gasteiger partial charge in [-0.2, -0.15) is 0 Å². The monoisotopic (exact) mass is 426 g/mol. The number of para-hydroxylation sites is 1. The highest BCUT2D eigenvalue weighted by molar-refractivity contribution is 5.94. The number of piperazine rings is 1. The fourth-order valence-corrected chi connectivity index (χ4v) is 3.16. The summed E-state index contributed by atoms with van der Waals surface area (Å²) in [5.41, 5.74) is 1.92. The summed E-state index contributed by atoms with van der Waals surface area (Å²) in [7, 11) is 0. The van der Waals surface area contributed by atoms with Gasteiger partial charge in [-0.3, -0.25) is 9.69 Å². The highest BCUT2D eigenvalue weighted by Crippen LogP contribution is 2.16. The molecular formula is C21H28Cl2N2O3. The fraction of sp³-hybridized carbons (Fsp3) is 0.381. The van der Waals surface area contributed by atoms with Gasteiger partial charge in [0.2, 0.25) is 0 Å². The van der Waals surface area contributed by atoms with Crippen LogP contribution in [0.1, 0.15) is 17.3 Å². The number of anilines is 1. The third-order valence-electron chi connectivity index (χ3n) is 4.67. The van der Waals surface area contributed by atoms with Crippen molar-refractivity contribution in [2.75, 3.05) is 44.2 Å². The summed E-state index contributed by atoms with van der Waals surface area (Å²) < 4.78 is 5.64. The Balaban J connectivity index is 0.00000196. The van der Waals surface area contributed by atoms with Gasteiger partial charge in [0, 0.05) is 44.0 Å². The van der Waals surface area contributed by atoms with E-state index in [9.17, 15) is 9.90 Å². The number of carbonyl (C=O) groups excluding carboxylic acids is 1. The molecule has 2 aromatic carbocycles. The second-order valence-electron chi connectivity index (χ2n) is 6.67. The predicted octanol–water partition coefficient (Wildman–Crippen LogP) is 3.29. The molecule has 1 N–H and O–H groups in total. The molecule has 28 heavy (non-hydrogen) atoms. The molecule has 0 amide bonds. The lowest BCUT2D eigenvalue weighted by Gasteiger charge is -2.36. The highest BCUT2D eigenvalue weighted by Gasteiger charge is 2.19. The minimum absolute atomic E-state index is 0. The van der Waals surface area contributed by atoms with Gasteiger partial charge in [-0.1, -0.05) is 18.2 Å². The number of hydrogen-bond acceptors (Lipinski definition) is 5. The molecule has 0 radical (unpaired) electrons. The van der Waals surface area contributed by atoms with Crippen molar-refractivity contribution in [3.8, 4) is 5.75 Å². The lowest BCUT2D eigenvalue weighted by Crippen LogP contribution is -2.49. The summed E-state index contributed by atoms with van der Waals surface area (Å²) in [5, 5.41) is 10.3. The number of aliphatic hydroxyl groups is 1. The molecule has 1 aliphatic heterocycles. The highest BCUT2D eigenvalue weighted by atomic mass is 35.5. The van der Waals surface area contributed by atoms with E-state index in [1.54, 1.807) is 24.3 Å². The minimum atomic E-state index is -0.536. The maximum absolute atomic E-state index is 11.3. The van der Waals surface area contributed by atoms with Gasteiger partial charge in [-0.25, -0.2) is 0 Å². The second kappa shape index (κ2) is 11.9. The van der Waals surface area contributed by atoms with Crippen molar-refractivity contribution in [2.45, 2.75) is 13.0 Å². The van der Waals surface area contributed by atoms with Crippen LogP contribution in [0.4, 0.5) is 5.69 Å². The van der Waals surface area contributed by atoms with Crippen molar-refractivity contribution < 1.29 is 14.6 Å². The van der Waals surface area contributed by atoms with Gasteiger partial charge >= 0.3 is 0 Å². The zero-order valence-corrected chi connectivity index (χ0v) is 17.6. The summed E-state index contributed by atoms with van der Waals surface area (Å²) in [4.78, 5) is 15.9. The van der Waals surface area contributed by atoms with Crippen molar-refractivity contribution >= 4 is 36.3 Å². The minimum Gasteiger partial charge on any atom is -0.491 e. The smallest absolute Gasteiger partial charge is 0.159 e. The molecule has 5 nitrogen and oxygen atoms in total. The Bertz CT molecular complexity index is 705. The topological polar surface area (TPSA) is 53.0 Å². The second-order valence-corrected chi connectivity index (χ2v) is 6.67. The van der Waals surface area contributed by atoms with Gasteiger partial charge in [-0.05, 0) is 43.3 Å². The molecular weight excluding hydrogens is 399 g/mol. The van der Waals surface area contributed by atoms with Gasteiger partial charge in [0.25, 0.3) is 0 Å². The SMILES string of the molecule is CC(=O)c1ccc(OCC(O)CN2CCN(c3ccccc3)CC2)cc1.Cl.Cl. The number of rotatable bonds is 7. The first-order chi connectivity index (χ1) is 12.6. The molecule has 0 aromatic heterocycles. The van der Waals surface area contributed by atoms with E-state index in [0.29, 0.717) is 17.9 Å². The lowest BCUT2D eigenvalue weighted by atomic mass is 10.1. The van der Waals surface area contributed by atoms with Gasteiger partial charge < -0.3 is 14.7 Å². The molecule has 1 unspecified atom stereocenters. The largest absolute Gasteiger partial charge is 0.491 e. The van der Waals surface area contributed by atoms with Crippen LogP contribution >= 0.6 is 24.8 Å². The average Bonchev–Trinajstić information content (AvgIpc) is 2.68. The van der Waals surface area contributed by atoms with Crippen molar-refractivity contribution in [1.29, 1.82) is 0 Å². The van der Waals surface area contributed by atoms with Crippen LogP contribution in [0.15, 0.2) is 54.6 Å². The number of aliphatic hydroxyl groups excluding tert-OH is 1. The predicted molar refractivity (Wildman–Crippen MR) is 118 cm³/mol. The van der Waals surface area contributed by atoms with Crippen molar-refractivity contribution in [1.82, 2.24) is 4.90 Å². The molecule has 0 spiro atoms. The quantitative estimate of drug-likeness (QED) is 0.688. The van der Waals surface area contributed by atoms with E-state index in [-0.39, 0.29) is 37.2 Å². The van der Waals surface area contributed by atoms with E-state index in [1.807, 2.05) is 6.07 Å². The summed E-state index contributed by atoms with van der Waals surface area (Å²) >= 11 is 0. The van der Waals surface area contributed by atoms with Gasteiger partial charge in [0.05, 0.1) is 0 Å². The number of β-amino-alcohol motifs (C(OH)–C–C–N with tert-alkyl or cyclic N) is 1.